The van der Waals surface area contributed by atoms with Gasteiger partial charge in [0, 0.05) is 18.5 Å². The van der Waals surface area contributed by atoms with E-state index in [0.29, 0.717) is 30.7 Å². The van der Waals surface area contributed by atoms with Gasteiger partial charge in [-0.1, -0.05) is 72.8 Å². The molecule has 0 atom stereocenters. The second kappa shape index (κ2) is 9.52. The molecule has 0 aliphatic rings. The van der Waals surface area contributed by atoms with Gasteiger partial charge in [0.05, 0.1) is 12.2 Å². The van der Waals surface area contributed by atoms with Crippen LogP contribution in [0.2, 0.25) is 0 Å². The molecule has 3 nitrogen and oxygen atoms in total. The third kappa shape index (κ3) is 5.68. The Morgan fingerprint density at radius 1 is 0.714 bits per heavy atom. The molecule has 0 saturated carbocycles. The second-order valence-corrected chi connectivity index (χ2v) is 9.99. The van der Waals surface area contributed by atoms with Gasteiger partial charge in [0.2, 0.25) is 0 Å². The molecule has 3 aromatic rings. The maximum atomic E-state index is 14.0. The van der Waals surface area contributed by atoms with Crippen molar-refractivity contribution >= 4 is 13.1 Å². The molecule has 0 saturated heterocycles. The van der Waals surface area contributed by atoms with Gasteiger partial charge in [-0.3, -0.25) is 0 Å². The summed E-state index contributed by atoms with van der Waals surface area (Å²) in [4.78, 5) is 11.8. The maximum absolute atomic E-state index is 14.0. The van der Waals surface area contributed by atoms with E-state index in [1.807, 2.05) is 72.8 Å². The third-order valence-electron chi connectivity index (χ3n) is 4.56. The summed E-state index contributed by atoms with van der Waals surface area (Å²) in [6.45, 7) is 2.14. The summed E-state index contributed by atoms with van der Waals surface area (Å²) in [5.74, 6) is -0.328. The highest BCUT2D eigenvalue weighted by atomic mass is 31.2. The Kier molecular flexibility index (Phi) is 6.84. The number of rotatable bonds is 8. The minimum Gasteiger partial charge on any atom is -0.462 e. The molecule has 0 aliphatic carbocycles. The van der Waals surface area contributed by atoms with Crippen LogP contribution in [0.1, 0.15) is 34.0 Å². The summed E-state index contributed by atoms with van der Waals surface area (Å²) in [6, 6.07) is 27.3. The molecule has 144 valence electrons. The van der Waals surface area contributed by atoms with E-state index >= 15 is 0 Å². The lowest BCUT2D eigenvalue weighted by Gasteiger charge is -2.19. The Bertz CT molecular complexity index is 889. The van der Waals surface area contributed by atoms with Gasteiger partial charge in [0.25, 0.3) is 0 Å². The van der Waals surface area contributed by atoms with Crippen LogP contribution in [-0.2, 0) is 27.8 Å². The van der Waals surface area contributed by atoms with Gasteiger partial charge in [-0.05, 0) is 35.7 Å². The van der Waals surface area contributed by atoms with E-state index in [9.17, 15) is 9.36 Å². The number of hydrogen-bond acceptors (Lipinski definition) is 3. The van der Waals surface area contributed by atoms with Crippen LogP contribution in [0.25, 0.3) is 0 Å². The predicted octanol–water partition coefficient (Wildman–Crippen LogP) is 6.13. The first kappa shape index (κ1) is 20.1. The SMILES string of the molecule is CCOC(=O)c1ccc(CP(=O)(Cc2ccccc2)Cc2ccccc2)cc1. The average molecular weight is 392 g/mol. The molecule has 0 N–H and O–H groups in total. The smallest absolute Gasteiger partial charge is 0.338 e. The first-order chi connectivity index (χ1) is 13.6. The standard InChI is InChI=1S/C24H25O3P/c1-2-27-24(25)23-15-13-22(14-16-23)19-28(26,17-20-9-5-3-6-10-20)18-21-11-7-4-8-12-21/h3-16H,2,17-19H2,1H3. The predicted molar refractivity (Wildman–Crippen MR) is 114 cm³/mol. The number of benzene rings is 3. The van der Waals surface area contributed by atoms with E-state index in [0.717, 1.165) is 16.7 Å². The Morgan fingerprint density at radius 3 is 1.57 bits per heavy atom. The monoisotopic (exact) mass is 392 g/mol. The van der Waals surface area contributed by atoms with Gasteiger partial charge < -0.3 is 9.30 Å². The molecule has 0 aliphatic heterocycles. The molecule has 3 aromatic carbocycles. The Hall–Kier alpha value is -2.64. The lowest BCUT2D eigenvalue weighted by molar-refractivity contribution is 0.0526. The normalized spacial score (nSPS) is 11.2. The largest absolute Gasteiger partial charge is 0.462 e. The first-order valence-electron chi connectivity index (χ1n) is 9.49. The average Bonchev–Trinajstić information content (AvgIpc) is 2.70. The molecule has 0 radical (unpaired) electrons. The van der Waals surface area contributed by atoms with Crippen molar-refractivity contribution in [3.05, 3.63) is 107 Å². The molecule has 0 amide bonds. The zero-order valence-electron chi connectivity index (χ0n) is 16.1. The number of ether oxygens (including phenoxy) is 1. The van der Waals surface area contributed by atoms with Crippen molar-refractivity contribution in [2.45, 2.75) is 25.4 Å². The van der Waals surface area contributed by atoms with Crippen LogP contribution in [0.15, 0.2) is 84.9 Å². The Labute approximate surface area is 166 Å². The van der Waals surface area contributed by atoms with Crippen LogP contribution < -0.4 is 0 Å². The molecule has 0 fully saturated rings. The van der Waals surface area contributed by atoms with E-state index in [-0.39, 0.29) is 5.97 Å². The van der Waals surface area contributed by atoms with Crippen molar-refractivity contribution in [1.29, 1.82) is 0 Å². The highest BCUT2D eigenvalue weighted by molar-refractivity contribution is 7.61. The lowest BCUT2D eigenvalue weighted by Crippen LogP contribution is -2.04. The molecule has 3 rings (SSSR count). The number of carbonyl (C=O) groups is 1. The molecular formula is C24H25O3P. The van der Waals surface area contributed by atoms with E-state index in [1.54, 1.807) is 19.1 Å². The Morgan fingerprint density at radius 2 is 1.14 bits per heavy atom. The fraction of sp³-hybridized carbons (Fsp3) is 0.208. The van der Waals surface area contributed by atoms with Gasteiger partial charge in [0.15, 0.2) is 0 Å². The van der Waals surface area contributed by atoms with E-state index in [1.165, 1.54) is 0 Å². The van der Waals surface area contributed by atoms with Crippen LogP contribution in [0, 0.1) is 0 Å². The topological polar surface area (TPSA) is 43.4 Å². The van der Waals surface area contributed by atoms with Crippen molar-refractivity contribution in [3.8, 4) is 0 Å². The molecule has 0 spiro atoms. The molecule has 0 unspecified atom stereocenters. The van der Waals surface area contributed by atoms with E-state index in [2.05, 4.69) is 0 Å². The van der Waals surface area contributed by atoms with Crippen LogP contribution >= 0.6 is 7.14 Å². The minimum absolute atomic E-state index is 0.328. The van der Waals surface area contributed by atoms with Crippen molar-refractivity contribution in [3.63, 3.8) is 0 Å². The van der Waals surface area contributed by atoms with Crippen molar-refractivity contribution in [2.24, 2.45) is 0 Å². The maximum Gasteiger partial charge on any atom is 0.338 e. The van der Waals surface area contributed by atoms with Gasteiger partial charge >= 0.3 is 5.97 Å². The van der Waals surface area contributed by atoms with Crippen molar-refractivity contribution < 1.29 is 14.1 Å². The van der Waals surface area contributed by atoms with E-state index < -0.39 is 7.14 Å². The van der Waals surface area contributed by atoms with Crippen LogP contribution in [0.3, 0.4) is 0 Å². The van der Waals surface area contributed by atoms with Crippen LogP contribution in [-0.4, -0.2) is 12.6 Å². The highest BCUT2D eigenvalue weighted by Crippen LogP contribution is 2.55. The molecule has 28 heavy (non-hydrogen) atoms. The molecule has 4 heteroatoms. The highest BCUT2D eigenvalue weighted by Gasteiger charge is 2.24. The lowest BCUT2D eigenvalue weighted by atomic mass is 10.1. The molecule has 0 bridgehead atoms. The zero-order valence-corrected chi connectivity index (χ0v) is 17.0. The first-order valence-corrected chi connectivity index (χ1v) is 11.8. The zero-order chi connectivity index (χ0) is 19.8. The van der Waals surface area contributed by atoms with Crippen LogP contribution in [0.5, 0.6) is 0 Å². The van der Waals surface area contributed by atoms with Crippen molar-refractivity contribution in [2.75, 3.05) is 6.61 Å². The number of carbonyl (C=O) groups excluding carboxylic acids is 1. The third-order valence-corrected chi connectivity index (χ3v) is 7.39. The summed E-state index contributed by atoms with van der Waals surface area (Å²) < 4.78 is 19.0. The number of hydrogen-bond donors (Lipinski definition) is 0. The van der Waals surface area contributed by atoms with Gasteiger partial charge in [-0.15, -0.1) is 0 Å². The summed E-state index contributed by atoms with van der Waals surface area (Å²) in [7, 11) is -2.55. The number of esters is 1. The van der Waals surface area contributed by atoms with Gasteiger partial charge in [-0.2, -0.15) is 0 Å². The molecule has 0 aromatic heterocycles. The van der Waals surface area contributed by atoms with Crippen molar-refractivity contribution in [1.82, 2.24) is 0 Å². The van der Waals surface area contributed by atoms with Crippen LogP contribution in [0.4, 0.5) is 0 Å². The summed E-state index contributed by atoms with van der Waals surface area (Å²) in [5.41, 5.74) is 3.67. The van der Waals surface area contributed by atoms with E-state index in [4.69, 9.17) is 4.74 Å². The molecular weight excluding hydrogens is 367 g/mol. The fourth-order valence-corrected chi connectivity index (χ4v) is 6.26. The summed E-state index contributed by atoms with van der Waals surface area (Å²) in [5, 5.41) is 0. The molecule has 0 heterocycles. The summed E-state index contributed by atoms with van der Waals surface area (Å²) in [6.07, 6.45) is 1.62. The Balaban J connectivity index is 1.82. The second-order valence-electron chi connectivity index (χ2n) is 6.92. The van der Waals surface area contributed by atoms with Gasteiger partial charge in [0.1, 0.15) is 7.14 Å². The van der Waals surface area contributed by atoms with Gasteiger partial charge in [-0.25, -0.2) is 4.79 Å². The fourth-order valence-electron chi connectivity index (χ4n) is 3.29. The minimum atomic E-state index is -2.55. The summed E-state index contributed by atoms with van der Waals surface area (Å²) >= 11 is 0. The quantitative estimate of drug-likeness (QED) is 0.342.